The number of nitrogens with zero attached hydrogens (tertiary/aromatic N) is 1. The van der Waals surface area contributed by atoms with E-state index >= 15 is 0 Å². The smallest absolute Gasteiger partial charge is 0.328 e. The topological polar surface area (TPSA) is 118 Å². The highest BCUT2D eigenvalue weighted by Crippen LogP contribution is 2.30. The lowest BCUT2D eigenvalue weighted by Crippen LogP contribution is -2.41. The van der Waals surface area contributed by atoms with E-state index < -0.39 is 29.8 Å². The Hall–Kier alpha value is -4.20. The van der Waals surface area contributed by atoms with Gasteiger partial charge in [-0.3, -0.25) is 9.59 Å². The summed E-state index contributed by atoms with van der Waals surface area (Å²) in [6.45, 7) is 3.29. The Bertz CT molecular complexity index is 1070. The minimum absolute atomic E-state index is 0.0302. The number of pyridine rings is 1. The third-order valence-electron chi connectivity index (χ3n) is 5.14. The number of carbonyl (C=O) groups excluding carboxylic acids is 3. The predicted molar refractivity (Wildman–Crippen MR) is 123 cm³/mol. The monoisotopic (exact) mass is 447 g/mol. The molecule has 3 rings (SSSR count). The molecule has 1 unspecified atom stereocenters. The van der Waals surface area contributed by atoms with Crippen LogP contribution in [0.5, 0.6) is 5.75 Å². The molecule has 2 amide bonds. The third-order valence-corrected chi connectivity index (χ3v) is 5.14. The summed E-state index contributed by atoms with van der Waals surface area (Å²) in [6.07, 6.45) is 1.11. The van der Waals surface area contributed by atoms with Gasteiger partial charge in [-0.25, -0.2) is 9.78 Å². The SMILES string of the molecule is CC(OC(=O)[C@H](C)NC(=O)c1nccc(NC=O)c1O)C(c1ccccc1)c1ccccc1. The standard InChI is InChI=1S/C25H25N3O5/c1-16(28-24(31)22-23(30)20(27-15-29)13-14-26-22)25(32)33-17(2)21(18-9-5-3-6-10-18)19-11-7-4-8-12-19/h3-17,21,30H,1-2H3,(H,28,31)(H,26,27,29)/t16-,17?/m0/s1. The largest absolute Gasteiger partial charge is 0.504 e. The van der Waals surface area contributed by atoms with Crippen molar-refractivity contribution in [2.75, 3.05) is 5.32 Å². The first-order chi connectivity index (χ1) is 15.9. The molecule has 0 aliphatic rings. The van der Waals surface area contributed by atoms with Gasteiger partial charge in [-0.1, -0.05) is 60.7 Å². The number of aromatic hydroxyl groups is 1. The molecule has 8 nitrogen and oxygen atoms in total. The Balaban J connectivity index is 1.72. The quantitative estimate of drug-likeness (QED) is 0.342. The van der Waals surface area contributed by atoms with Gasteiger partial charge in [-0.2, -0.15) is 0 Å². The second-order valence-corrected chi connectivity index (χ2v) is 7.45. The number of nitrogens with one attached hydrogen (secondary N) is 2. The number of hydrogen-bond donors (Lipinski definition) is 3. The van der Waals surface area contributed by atoms with Crippen LogP contribution in [-0.2, 0) is 14.3 Å². The Labute approximate surface area is 191 Å². The number of aromatic nitrogens is 1. The summed E-state index contributed by atoms with van der Waals surface area (Å²) >= 11 is 0. The maximum absolute atomic E-state index is 12.8. The van der Waals surface area contributed by atoms with E-state index in [2.05, 4.69) is 15.6 Å². The van der Waals surface area contributed by atoms with Crippen molar-refractivity contribution in [1.82, 2.24) is 10.3 Å². The van der Waals surface area contributed by atoms with E-state index in [9.17, 15) is 19.5 Å². The van der Waals surface area contributed by atoms with Crippen molar-refractivity contribution in [3.8, 4) is 5.75 Å². The Morgan fingerprint density at radius 2 is 1.55 bits per heavy atom. The van der Waals surface area contributed by atoms with Crippen molar-refractivity contribution in [3.63, 3.8) is 0 Å². The molecule has 0 saturated carbocycles. The molecule has 0 aliphatic heterocycles. The lowest BCUT2D eigenvalue weighted by molar-refractivity contribution is -0.150. The van der Waals surface area contributed by atoms with Crippen LogP contribution in [0.1, 0.15) is 41.4 Å². The van der Waals surface area contributed by atoms with E-state index in [-0.39, 0.29) is 17.3 Å². The van der Waals surface area contributed by atoms with Crippen molar-refractivity contribution < 1.29 is 24.2 Å². The molecule has 0 aliphatic carbocycles. The summed E-state index contributed by atoms with van der Waals surface area (Å²) < 4.78 is 5.72. The molecule has 0 spiro atoms. The van der Waals surface area contributed by atoms with Gasteiger partial charge in [-0.05, 0) is 31.0 Å². The maximum atomic E-state index is 12.8. The average Bonchev–Trinajstić information content (AvgIpc) is 2.82. The van der Waals surface area contributed by atoms with Crippen LogP contribution in [0.2, 0.25) is 0 Å². The minimum atomic E-state index is -1.00. The van der Waals surface area contributed by atoms with E-state index in [4.69, 9.17) is 4.74 Å². The molecule has 0 fully saturated rings. The molecule has 2 atom stereocenters. The Kier molecular flexibility index (Phi) is 7.75. The van der Waals surface area contributed by atoms with Crippen LogP contribution >= 0.6 is 0 Å². The first kappa shape index (κ1) is 23.5. The van der Waals surface area contributed by atoms with Gasteiger partial charge < -0.3 is 20.5 Å². The van der Waals surface area contributed by atoms with Gasteiger partial charge in [0.1, 0.15) is 12.1 Å². The molecule has 0 saturated heterocycles. The molecule has 1 heterocycles. The number of hydrogen-bond acceptors (Lipinski definition) is 6. The number of benzene rings is 2. The van der Waals surface area contributed by atoms with Crippen LogP contribution < -0.4 is 10.6 Å². The van der Waals surface area contributed by atoms with Crippen LogP contribution in [0.25, 0.3) is 0 Å². The molecule has 3 N–H and O–H groups in total. The van der Waals surface area contributed by atoms with Gasteiger partial charge in [0, 0.05) is 12.1 Å². The zero-order valence-corrected chi connectivity index (χ0v) is 18.3. The normalized spacial score (nSPS) is 12.5. The molecule has 0 bridgehead atoms. The van der Waals surface area contributed by atoms with Crippen molar-refractivity contribution in [1.29, 1.82) is 0 Å². The fourth-order valence-corrected chi connectivity index (χ4v) is 3.53. The molecular formula is C25H25N3O5. The lowest BCUT2D eigenvalue weighted by atomic mass is 9.87. The van der Waals surface area contributed by atoms with Crippen molar-refractivity contribution in [2.45, 2.75) is 31.9 Å². The van der Waals surface area contributed by atoms with Gasteiger partial charge in [0.15, 0.2) is 11.4 Å². The lowest BCUT2D eigenvalue weighted by Gasteiger charge is -2.26. The molecular weight excluding hydrogens is 422 g/mol. The van der Waals surface area contributed by atoms with E-state index in [1.54, 1.807) is 6.92 Å². The van der Waals surface area contributed by atoms with Gasteiger partial charge in [-0.15, -0.1) is 0 Å². The molecule has 0 radical (unpaired) electrons. The maximum Gasteiger partial charge on any atom is 0.328 e. The molecule has 8 heteroatoms. The summed E-state index contributed by atoms with van der Waals surface area (Å²) in [7, 11) is 0. The first-order valence-electron chi connectivity index (χ1n) is 10.4. The highest BCUT2D eigenvalue weighted by molar-refractivity contribution is 5.99. The molecule has 2 aromatic carbocycles. The second kappa shape index (κ2) is 10.9. The van der Waals surface area contributed by atoms with Crippen LogP contribution in [-0.4, -0.2) is 40.5 Å². The highest BCUT2D eigenvalue weighted by Gasteiger charge is 2.28. The van der Waals surface area contributed by atoms with Crippen molar-refractivity contribution in [2.24, 2.45) is 0 Å². The summed E-state index contributed by atoms with van der Waals surface area (Å²) in [5.74, 6) is -2.10. The molecule has 3 aromatic rings. The zero-order chi connectivity index (χ0) is 23.8. The molecule has 1 aromatic heterocycles. The van der Waals surface area contributed by atoms with Crippen LogP contribution in [0.4, 0.5) is 5.69 Å². The fraction of sp³-hybridized carbons (Fsp3) is 0.200. The predicted octanol–water partition coefficient (Wildman–Crippen LogP) is 3.24. The van der Waals surface area contributed by atoms with Gasteiger partial charge in [0.05, 0.1) is 5.69 Å². The van der Waals surface area contributed by atoms with Crippen LogP contribution in [0.3, 0.4) is 0 Å². The number of carbonyl (C=O) groups is 3. The summed E-state index contributed by atoms with van der Waals surface area (Å²) in [5.41, 5.74) is 1.70. The summed E-state index contributed by atoms with van der Waals surface area (Å²) in [5, 5.41) is 14.9. The number of rotatable bonds is 9. The summed E-state index contributed by atoms with van der Waals surface area (Å²) in [6, 6.07) is 19.8. The summed E-state index contributed by atoms with van der Waals surface area (Å²) in [4.78, 5) is 39.8. The van der Waals surface area contributed by atoms with Gasteiger partial charge in [0.2, 0.25) is 6.41 Å². The van der Waals surface area contributed by atoms with E-state index in [1.807, 2.05) is 60.7 Å². The van der Waals surface area contributed by atoms with Gasteiger partial charge in [0.25, 0.3) is 5.91 Å². The Morgan fingerprint density at radius 1 is 0.970 bits per heavy atom. The minimum Gasteiger partial charge on any atom is -0.504 e. The number of esters is 1. The number of amides is 2. The van der Waals surface area contributed by atoms with E-state index in [1.165, 1.54) is 19.2 Å². The van der Waals surface area contributed by atoms with Crippen LogP contribution in [0.15, 0.2) is 72.9 Å². The number of anilines is 1. The van der Waals surface area contributed by atoms with Crippen molar-refractivity contribution in [3.05, 3.63) is 89.7 Å². The molecule has 33 heavy (non-hydrogen) atoms. The Morgan fingerprint density at radius 3 is 2.09 bits per heavy atom. The van der Waals surface area contributed by atoms with Crippen molar-refractivity contribution >= 4 is 24.0 Å². The highest BCUT2D eigenvalue weighted by atomic mass is 16.5. The fourth-order valence-electron chi connectivity index (χ4n) is 3.53. The van der Waals surface area contributed by atoms with E-state index in [0.717, 1.165) is 11.1 Å². The van der Waals surface area contributed by atoms with E-state index in [0.29, 0.717) is 6.41 Å². The second-order valence-electron chi connectivity index (χ2n) is 7.45. The molecule has 170 valence electrons. The average molecular weight is 447 g/mol. The third kappa shape index (κ3) is 5.74. The van der Waals surface area contributed by atoms with Gasteiger partial charge >= 0.3 is 5.97 Å². The van der Waals surface area contributed by atoms with Crippen LogP contribution in [0, 0.1) is 0 Å². The first-order valence-corrected chi connectivity index (χ1v) is 10.4. The zero-order valence-electron chi connectivity index (χ0n) is 18.3. The number of ether oxygens (including phenoxy) is 1.